The van der Waals surface area contributed by atoms with Crippen LogP contribution in [-0.2, 0) is 0 Å². The van der Waals surface area contributed by atoms with Crippen LogP contribution in [0, 0.1) is 0 Å². The molecule has 0 aromatic heterocycles. The summed E-state index contributed by atoms with van der Waals surface area (Å²) < 4.78 is -1.01. The predicted molar refractivity (Wildman–Crippen MR) is 33.5 cm³/mol. The van der Waals surface area contributed by atoms with Gasteiger partial charge in [-0.05, 0) is 6.42 Å². The monoisotopic (exact) mass is 141 g/mol. The lowest BCUT2D eigenvalue weighted by atomic mass is 10.3. The van der Waals surface area contributed by atoms with Crippen molar-refractivity contribution in [2.75, 3.05) is 0 Å². The number of halogens is 2. The molecule has 0 aliphatic rings. The van der Waals surface area contributed by atoms with Crippen LogP contribution in [0.2, 0.25) is 0 Å². The Morgan fingerprint density at radius 2 is 2.00 bits per heavy atom. The van der Waals surface area contributed by atoms with E-state index in [0.29, 0.717) is 6.42 Å². The van der Waals surface area contributed by atoms with E-state index in [1.807, 2.05) is 6.92 Å². The first-order valence-electron chi connectivity index (χ1n) is 2.23. The molecule has 0 aromatic rings. The lowest BCUT2D eigenvalue weighted by Crippen LogP contribution is -2.24. The number of hydrogen-bond acceptors (Lipinski definition) is 1. The first-order chi connectivity index (χ1) is 3.06. The van der Waals surface area contributed by atoms with Crippen LogP contribution in [0.1, 0.15) is 19.8 Å². The molecule has 0 spiro atoms. The van der Waals surface area contributed by atoms with Crippen molar-refractivity contribution in [2.24, 2.45) is 5.73 Å². The molecule has 2 N–H and O–H groups in total. The number of rotatable bonds is 2. The van der Waals surface area contributed by atoms with Crippen LogP contribution in [-0.4, -0.2) is 4.46 Å². The smallest absolute Gasteiger partial charge is 0.166 e. The molecule has 1 nitrogen and oxygen atoms in total. The van der Waals surface area contributed by atoms with Crippen molar-refractivity contribution in [1.29, 1.82) is 0 Å². The average Bonchev–Trinajstić information content (AvgIpc) is 1.30. The highest BCUT2D eigenvalue weighted by molar-refractivity contribution is 6.47. The molecule has 0 saturated carbocycles. The van der Waals surface area contributed by atoms with E-state index in [1.165, 1.54) is 0 Å². The van der Waals surface area contributed by atoms with Crippen LogP contribution >= 0.6 is 23.2 Å². The Bertz CT molecular complexity index is 48.1. The summed E-state index contributed by atoms with van der Waals surface area (Å²) in [5, 5.41) is 0. The van der Waals surface area contributed by atoms with Gasteiger partial charge in [0.2, 0.25) is 0 Å². The van der Waals surface area contributed by atoms with Gasteiger partial charge in [-0.3, -0.25) is 0 Å². The molecule has 0 aromatic carbocycles. The molecule has 0 aliphatic carbocycles. The van der Waals surface area contributed by atoms with Gasteiger partial charge in [-0.25, -0.2) is 0 Å². The van der Waals surface area contributed by atoms with Gasteiger partial charge in [0.15, 0.2) is 4.46 Å². The van der Waals surface area contributed by atoms with Gasteiger partial charge in [0.05, 0.1) is 0 Å². The Kier molecular flexibility index (Phi) is 2.96. The summed E-state index contributed by atoms with van der Waals surface area (Å²) in [6.45, 7) is 1.98. The molecule has 0 unspecified atom stereocenters. The molecule has 0 aliphatic heterocycles. The lowest BCUT2D eigenvalue weighted by Gasteiger charge is -2.09. The molecule has 0 heterocycles. The highest BCUT2D eigenvalue weighted by Crippen LogP contribution is 2.18. The van der Waals surface area contributed by atoms with Crippen LogP contribution in [0.4, 0.5) is 0 Å². The Morgan fingerprint density at radius 1 is 1.57 bits per heavy atom. The number of nitrogens with two attached hydrogens (primary N) is 1. The van der Waals surface area contributed by atoms with Crippen LogP contribution in [0.15, 0.2) is 0 Å². The van der Waals surface area contributed by atoms with Crippen molar-refractivity contribution < 1.29 is 0 Å². The SMILES string of the molecule is CCCC(N)(Cl)Cl. The molecule has 0 saturated heterocycles. The molecule has 0 radical (unpaired) electrons. The summed E-state index contributed by atoms with van der Waals surface area (Å²) in [6, 6.07) is 0. The fraction of sp³-hybridized carbons (Fsp3) is 1.00. The second-order valence-electron chi connectivity index (χ2n) is 1.51. The predicted octanol–water partition coefficient (Wildman–Crippen LogP) is 1.88. The Labute approximate surface area is 53.8 Å². The van der Waals surface area contributed by atoms with Crippen LogP contribution in [0.3, 0.4) is 0 Å². The van der Waals surface area contributed by atoms with Gasteiger partial charge < -0.3 is 5.73 Å². The van der Waals surface area contributed by atoms with Crippen molar-refractivity contribution >= 4 is 23.2 Å². The van der Waals surface area contributed by atoms with Gasteiger partial charge in [0.1, 0.15) is 0 Å². The fourth-order valence-electron chi connectivity index (χ4n) is 0.333. The van der Waals surface area contributed by atoms with E-state index in [9.17, 15) is 0 Å². The van der Waals surface area contributed by atoms with E-state index in [2.05, 4.69) is 0 Å². The number of hydrogen-bond donors (Lipinski definition) is 1. The molecule has 7 heavy (non-hydrogen) atoms. The summed E-state index contributed by atoms with van der Waals surface area (Å²) >= 11 is 10.8. The maximum atomic E-state index is 5.38. The molecule has 0 amide bonds. The highest BCUT2D eigenvalue weighted by Gasteiger charge is 2.13. The summed E-state index contributed by atoms with van der Waals surface area (Å²) in [5.74, 6) is 0. The van der Waals surface area contributed by atoms with E-state index in [0.717, 1.165) is 6.42 Å². The van der Waals surface area contributed by atoms with Gasteiger partial charge in [-0.15, -0.1) is 0 Å². The van der Waals surface area contributed by atoms with Crippen molar-refractivity contribution in [1.82, 2.24) is 0 Å². The van der Waals surface area contributed by atoms with Crippen LogP contribution in [0.25, 0.3) is 0 Å². The normalized spacial score (nSPS) is 12.0. The summed E-state index contributed by atoms with van der Waals surface area (Å²) in [5.41, 5.74) is 5.18. The quantitative estimate of drug-likeness (QED) is 0.462. The van der Waals surface area contributed by atoms with E-state index in [4.69, 9.17) is 28.9 Å². The molecular weight excluding hydrogens is 133 g/mol. The summed E-state index contributed by atoms with van der Waals surface area (Å²) in [6.07, 6.45) is 1.57. The topological polar surface area (TPSA) is 26.0 Å². The third-order valence-electron chi connectivity index (χ3n) is 0.583. The van der Waals surface area contributed by atoms with Crippen molar-refractivity contribution in [3.05, 3.63) is 0 Å². The lowest BCUT2D eigenvalue weighted by molar-refractivity contribution is 0.702. The largest absolute Gasteiger partial charge is 0.300 e. The van der Waals surface area contributed by atoms with Crippen molar-refractivity contribution in [3.63, 3.8) is 0 Å². The second kappa shape index (κ2) is 2.75. The fourth-order valence-corrected chi connectivity index (χ4v) is 0.711. The standard InChI is InChI=1S/C4H9Cl2N/c1-2-3-4(5,6)7/h2-3,7H2,1H3. The maximum absolute atomic E-state index is 5.38. The average molecular weight is 142 g/mol. The first kappa shape index (κ1) is 7.54. The molecule has 44 valence electrons. The molecule has 0 atom stereocenters. The summed E-state index contributed by atoms with van der Waals surface area (Å²) in [4.78, 5) is 0. The third kappa shape index (κ3) is 6.54. The Hall–Kier alpha value is 0.540. The Morgan fingerprint density at radius 3 is 2.00 bits per heavy atom. The van der Waals surface area contributed by atoms with E-state index in [1.54, 1.807) is 0 Å². The second-order valence-corrected chi connectivity index (χ2v) is 3.05. The zero-order valence-corrected chi connectivity index (χ0v) is 5.76. The van der Waals surface area contributed by atoms with Crippen LogP contribution in [0.5, 0.6) is 0 Å². The minimum Gasteiger partial charge on any atom is -0.300 e. The molecule has 0 bridgehead atoms. The van der Waals surface area contributed by atoms with Gasteiger partial charge >= 0.3 is 0 Å². The molecular formula is C4H9Cl2N. The van der Waals surface area contributed by atoms with E-state index >= 15 is 0 Å². The van der Waals surface area contributed by atoms with Gasteiger partial charge in [0, 0.05) is 0 Å². The summed E-state index contributed by atoms with van der Waals surface area (Å²) in [7, 11) is 0. The van der Waals surface area contributed by atoms with Crippen LogP contribution < -0.4 is 5.73 Å². The van der Waals surface area contributed by atoms with Gasteiger partial charge in [-0.1, -0.05) is 36.5 Å². The maximum Gasteiger partial charge on any atom is 0.166 e. The molecule has 0 fully saturated rings. The minimum absolute atomic E-state index is 0.649. The number of alkyl halides is 2. The van der Waals surface area contributed by atoms with Crippen molar-refractivity contribution in [3.8, 4) is 0 Å². The van der Waals surface area contributed by atoms with E-state index < -0.39 is 4.46 Å². The minimum atomic E-state index is -1.01. The van der Waals surface area contributed by atoms with Gasteiger partial charge in [-0.2, -0.15) is 0 Å². The van der Waals surface area contributed by atoms with Gasteiger partial charge in [0.25, 0.3) is 0 Å². The zero-order valence-electron chi connectivity index (χ0n) is 4.25. The zero-order chi connectivity index (χ0) is 5.91. The first-order valence-corrected chi connectivity index (χ1v) is 2.98. The Balaban J connectivity index is 3.15. The third-order valence-corrected chi connectivity index (χ3v) is 0.961. The molecule has 3 heteroatoms. The highest BCUT2D eigenvalue weighted by atomic mass is 35.5. The van der Waals surface area contributed by atoms with E-state index in [-0.39, 0.29) is 0 Å². The van der Waals surface area contributed by atoms with Crippen molar-refractivity contribution in [2.45, 2.75) is 24.2 Å². The molecule has 0 rings (SSSR count).